The summed E-state index contributed by atoms with van der Waals surface area (Å²) in [6.45, 7) is 18.1. The van der Waals surface area contributed by atoms with E-state index in [0.717, 1.165) is 17.5 Å². The molecule has 1 amide bonds. The molecule has 0 fully saturated rings. The number of hydrogen-bond acceptors (Lipinski definition) is 5. The normalized spacial score (nSPS) is 11.0. The van der Waals surface area contributed by atoms with E-state index >= 15 is 0 Å². The molecule has 0 aliphatic carbocycles. The second-order valence-corrected chi connectivity index (χ2v) is 9.46. The maximum atomic E-state index is 12.2. The molecule has 2 aromatic rings. The number of aromatic nitrogens is 2. The van der Waals surface area contributed by atoms with Crippen LogP contribution in [0.2, 0.25) is 0 Å². The van der Waals surface area contributed by atoms with Crippen LogP contribution in [0.3, 0.4) is 0 Å². The predicted molar refractivity (Wildman–Crippen MR) is 144 cm³/mol. The number of aryl methyl sites for hydroxylation is 2. The highest BCUT2D eigenvalue weighted by Crippen LogP contribution is 2.15. The third kappa shape index (κ3) is 10.8. The van der Waals surface area contributed by atoms with Gasteiger partial charge < -0.3 is 10.1 Å². The minimum atomic E-state index is -0.187. The number of ketones is 2. The molecular formula is C29H41N3O4. The summed E-state index contributed by atoms with van der Waals surface area (Å²) in [6.07, 6.45) is 6.98. The van der Waals surface area contributed by atoms with Crippen molar-refractivity contribution in [2.24, 2.45) is 0 Å². The van der Waals surface area contributed by atoms with Gasteiger partial charge >= 0.3 is 0 Å². The molecule has 196 valence electrons. The van der Waals surface area contributed by atoms with Crippen LogP contribution in [0.15, 0.2) is 55.0 Å². The van der Waals surface area contributed by atoms with Crippen molar-refractivity contribution in [3.05, 3.63) is 77.3 Å². The maximum Gasteiger partial charge on any atom is 0.272 e. The molecule has 1 aromatic carbocycles. The van der Waals surface area contributed by atoms with Gasteiger partial charge in [0.2, 0.25) is 0 Å². The monoisotopic (exact) mass is 495 g/mol. The first kappa shape index (κ1) is 30.6. The zero-order valence-electron chi connectivity index (χ0n) is 22.8. The number of hydrogen-bond donors (Lipinski definition) is 1. The first-order valence-corrected chi connectivity index (χ1v) is 12.4. The van der Waals surface area contributed by atoms with Gasteiger partial charge in [-0.25, -0.2) is 0 Å². The van der Waals surface area contributed by atoms with Gasteiger partial charge in [-0.15, -0.1) is 0 Å². The molecule has 36 heavy (non-hydrogen) atoms. The van der Waals surface area contributed by atoms with Crippen LogP contribution in [0.1, 0.15) is 86.4 Å². The van der Waals surface area contributed by atoms with Gasteiger partial charge in [0.05, 0.1) is 12.1 Å². The number of nitrogens with zero attached hydrogens (tertiary/aromatic N) is 2. The van der Waals surface area contributed by atoms with Crippen LogP contribution in [-0.2, 0) is 21.5 Å². The van der Waals surface area contributed by atoms with Crippen molar-refractivity contribution < 1.29 is 19.1 Å². The molecule has 0 aliphatic heterocycles. The molecule has 0 atom stereocenters. The lowest BCUT2D eigenvalue weighted by Crippen LogP contribution is -2.27. The zero-order valence-corrected chi connectivity index (χ0v) is 22.8. The Kier molecular flexibility index (Phi) is 12.6. The average Bonchev–Trinajstić information content (AvgIpc) is 3.24. The van der Waals surface area contributed by atoms with Crippen molar-refractivity contribution >= 4 is 17.5 Å². The number of carbonyl (C=O) groups is 3. The van der Waals surface area contributed by atoms with Crippen molar-refractivity contribution in [3.8, 4) is 0 Å². The highest BCUT2D eigenvalue weighted by atomic mass is 16.5. The van der Waals surface area contributed by atoms with Crippen LogP contribution >= 0.6 is 0 Å². The Morgan fingerprint density at radius 1 is 1.17 bits per heavy atom. The second-order valence-electron chi connectivity index (χ2n) is 9.46. The molecule has 0 saturated heterocycles. The molecular weight excluding hydrogens is 454 g/mol. The van der Waals surface area contributed by atoms with Crippen molar-refractivity contribution in [2.75, 3.05) is 13.2 Å². The fourth-order valence-corrected chi connectivity index (χ4v) is 2.95. The summed E-state index contributed by atoms with van der Waals surface area (Å²) >= 11 is 0. The fraction of sp³-hybridized carbons (Fsp3) is 0.448. The van der Waals surface area contributed by atoms with Crippen LogP contribution in [0.5, 0.6) is 0 Å². The van der Waals surface area contributed by atoms with Gasteiger partial charge in [-0.3, -0.25) is 19.1 Å². The van der Waals surface area contributed by atoms with Gasteiger partial charge in [0.25, 0.3) is 5.91 Å². The fourth-order valence-electron chi connectivity index (χ4n) is 2.95. The SMILES string of the molecule is C=C(/C=C\C(=O)CC)OCCCNC(=O)c1nn(C(C)(C)C)cc1C.CCc1cccc(C(C)=O)c1. The first-order valence-electron chi connectivity index (χ1n) is 12.4. The number of amides is 1. The predicted octanol–water partition coefficient (Wildman–Crippen LogP) is 5.58. The molecule has 0 bridgehead atoms. The Labute approximate surface area is 215 Å². The molecule has 1 N–H and O–H groups in total. The molecule has 7 heteroatoms. The summed E-state index contributed by atoms with van der Waals surface area (Å²) in [7, 11) is 0. The summed E-state index contributed by atoms with van der Waals surface area (Å²) < 4.78 is 7.19. The van der Waals surface area contributed by atoms with E-state index in [1.165, 1.54) is 11.6 Å². The number of carbonyl (C=O) groups excluding carboxylic acids is 3. The van der Waals surface area contributed by atoms with Gasteiger partial charge in [0.15, 0.2) is 17.3 Å². The van der Waals surface area contributed by atoms with Crippen LogP contribution in [0.25, 0.3) is 0 Å². The van der Waals surface area contributed by atoms with Crippen LogP contribution in [0, 0.1) is 6.92 Å². The number of allylic oxidation sites excluding steroid dienone is 2. The van der Waals surface area contributed by atoms with Crippen molar-refractivity contribution in [3.63, 3.8) is 0 Å². The Balaban J connectivity index is 0.000000488. The minimum absolute atomic E-state index is 0.0297. The number of rotatable bonds is 11. The molecule has 2 rings (SSSR count). The largest absolute Gasteiger partial charge is 0.494 e. The van der Waals surface area contributed by atoms with Crippen LogP contribution < -0.4 is 5.32 Å². The third-order valence-electron chi connectivity index (χ3n) is 5.24. The number of benzene rings is 1. The van der Waals surface area contributed by atoms with Crippen molar-refractivity contribution in [1.82, 2.24) is 15.1 Å². The second kappa shape index (κ2) is 14.8. The molecule has 7 nitrogen and oxygen atoms in total. The zero-order chi connectivity index (χ0) is 27.3. The van der Waals surface area contributed by atoms with Gasteiger partial charge in [0.1, 0.15) is 5.76 Å². The van der Waals surface area contributed by atoms with Crippen molar-refractivity contribution in [1.29, 1.82) is 0 Å². The number of Topliss-reactive ketones (excluding diaryl/α,β-unsaturated/α-hetero) is 1. The van der Waals surface area contributed by atoms with E-state index in [2.05, 4.69) is 23.9 Å². The minimum Gasteiger partial charge on any atom is -0.494 e. The highest BCUT2D eigenvalue weighted by Gasteiger charge is 2.19. The quantitative estimate of drug-likeness (QED) is 0.144. The number of nitrogens with one attached hydrogen (secondary N) is 1. The van der Waals surface area contributed by atoms with Crippen molar-refractivity contribution in [2.45, 2.75) is 73.3 Å². The maximum absolute atomic E-state index is 12.2. The smallest absolute Gasteiger partial charge is 0.272 e. The highest BCUT2D eigenvalue weighted by molar-refractivity contribution is 5.94. The van der Waals surface area contributed by atoms with E-state index in [1.54, 1.807) is 24.6 Å². The lowest BCUT2D eigenvalue weighted by molar-refractivity contribution is -0.114. The molecule has 0 aliphatic rings. The molecule has 0 radical (unpaired) electrons. The summed E-state index contributed by atoms with van der Waals surface area (Å²) in [5.74, 6) is 0.419. The lowest BCUT2D eigenvalue weighted by atomic mass is 10.1. The third-order valence-corrected chi connectivity index (χ3v) is 5.24. The Morgan fingerprint density at radius 2 is 1.86 bits per heavy atom. The van der Waals surface area contributed by atoms with E-state index in [1.807, 2.05) is 58.2 Å². The Hall–Kier alpha value is -3.48. The number of ether oxygens (including phenoxy) is 1. The molecule has 0 saturated carbocycles. The molecule has 1 aromatic heterocycles. The van der Waals surface area contributed by atoms with Crippen LogP contribution in [-0.4, -0.2) is 40.4 Å². The van der Waals surface area contributed by atoms with E-state index in [4.69, 9.17) is 4.74 Å². The summed E-state index contributed by atoms with van der Waals surface area (Å²) in [6, 6.07) is 7.76. The topological polar surface area (TPSA) is 90.3 Å². The Morgan fingerprint density at radius 3 is 2.42 bits per heavy atom. The van der Waals surface area contributed by atoms with Crippen LogP contribution in [0.4, 0.5) is 0 Å². The Bertz CT molecular complexity index is 1070. The van der Waals surface area contributed by atoms with E-state index in [0.29, 0.717) is 37.4 Å². The van der Waals surface area contributed by atoms with E-state index in [9.17, 15) is 14.4 Å². The van der Waals surface area contributed by atoms with Gasteiger partial charge in [0, 0.05) is 30.3 Å². The first-order chi connectivity index (χ1) is 16.9. The van der Waals surface area contributed by atoms with Gasteiger partial charge in [-0.2, -0.15) is 5.10 Å². The molecule has 0 unspecified atom stereocenters. The van der Waals surface area contributed by atoms with E-state index < -0.39 is 0 Å². The van der Waals surface area contributed by atoms with E-state index in [-0.39, 0.29) is 23.0 Å². The molecule has 0 spiro atoms. The van der Waals surface area contributed by atoms with Gasteiger partial charge in [-0.05, 0) is 71.2 Å². The van der Waals surface area contributed by atoms with Gasteiger partial charge in [-0.1, -0.05) is 38.6 Å². The molecule has 1 heterocycles. The average molecular weight is 496 g/mol. The standard InChI is InChI=1S/C19H29N3O3.C10H12O/c1-7-16(23)10-9-15(3)25-12-8-11-20-18(24)17-14(2)13-22(21-17)19(4,5)6;1-3-9-5-4-6-10(7-9)8(2)11/h9-10,13H,3,7-8,11-12H2,1-2,4-6H3,(H,20,24);4-7H,3H2,1-2H3/b10-9-;. The summed E-state index contributed by atoms with van der Waals surface area (Å²) in [4.78, 5) is 34.3. The summed E-state index contributed by atoms with van der Waals surface area (Å²) in [5, 5.41) is 7.22. The summed E-state index contributed by atoms with van der Waals surface area (Å²) in [5.41, 5.74) is 3.16. The lowest BCUT2D eigenvalue weighted by Gasteiger charge is -2.18.